The van der Waals surface area contributed by atoms with Crippen LogP contribution >= 0.6 is 0 Å². The standard InChI is InChI=1S/C78H81N7O/c1-73(2,3)71-82-63-37-46(24-30-56(63)69-80-65-40-58-60(42-67(65)84(69)71)77(11,12)44-75(58,7)8)20-22-48-34-49(36-52(35-48)55-19-17-16-18-54(55)50-26-28-51(29-27-50)62-39-53(86-15)32-33-79-62)23-21-47-25-31-57-64(38-47)83-72(74(4,5)6)85-68-43-61-59(41-66(68)81-70(57)85)76(9,10)45-78(61,13)14/h16-19,24-43H,20-23,44-45H2,1-15H3. The molecule has 434 valence electrons. The van der Waals surface area contributed by atoms with Crippen LogP contribution in [0.1, 0.15) is 166 Å². The molecule has 0 saturated carbocycles. The molecule has 5 aromatic heterocycles. The minimum Gasteiger partial charge on any atom is -0.497 e. The lowest BCUT2D eigenvalue weighted by Crippen LogP contribution is -2.19. The third-order valence-corrected chi connectivity index (χ3v) is 19.2. The first-order valence-corrected chi connectivity index (χ1v) is 31.2. The molecule has 86 heavy (non-hydrogen) atoms. The van der Waals surface area contributed by atoms with Gasteiger partial charge < -0.3 is 4.74 Å². The number of methoxy groups -OCH3 is 1. The van der Waals surface area contributed by atoms with Gasteiger partial charge in [-0.2, -0.15) is 0 Å². The van der Waals surface area contributed by atoms with Gasteiger partial charge in [0.1, 0.15) is 28.7 Å². The lowest BCUT2D eigenvalue weighted by Gasteiger charge is -2.22. The second-order valence-electron chi connectivity index (χ2n) is 30.0. The van der Waals surface area contributed by atoms with E-state index in [2.05, 4.69) is 238 Å². The smallest absolute Gasteiger partial charge is 0.148 e. The molecule has 2 aliphatic carbocycles. The van der Waals surface area contributed by atoms with Crippen LogP contribution in [0, 0.1) is 0 Å². The first-order valence-electron chi connectivity index (χ1n) is 31.2. The van der Waals surface area contributed by atoms with Crippen molar-refractivity contribution in [3.63, 3.8) is 0 Å². The highest BCUT2D eigenvalue weighted by Crippen LogP contribution is 2.52. The zero-order valence-corrected chi connectivity index (χ0v) is 53.1. The van der Waals surface area contributed by atoms with E-state index in [1.54, 1.807) is 13.3 Å². The molecule has 0 fully saturated rings. The molecule has 8 heteroatoms. The van der Waals surface area contributed by atoms with Crippen LogP contribution in [0.25, 0.3) is 88.7 Å². The number of nitrogens with zero attached hydrogens (tertiary/aromatic N) is 7. The number of fused-ring (bicyclic) bond motifs is 12. The van der Waals surface area contributed by atoms with Gasteiger partial charge in [-0.15, -0.1) is 0 Å². The number of rotatable bonds is 10. The van der Waals surface area contributed by atoms with Crippen molar-refractivity contribution < 1.29 is 4.74 Å². The molecule has 0 atom stereocenters. The molecule has 8 nitrogen and oxygen atoms in total. The van der Waals surface area contributed by atoms with Gasteiger partial charge in [-0.05, 0) is 182 Å². The average molecular weight is 1130 g/mol. The Balaban J connectivity index is 0.827. The Kier molecular flexibility index (Phi) is 12.5. The first kappa shape index (κ1) is 55.6. The quantitative estimate of drug-likeness (QED) is 0.136. The Hall–Kier alpha value is -8.23. The number of aryl methyl sites for hydroxylation is 4. The summed E-state index contributed by atoms with van der Waals surface area (Å²) in [7, 11) is 1.69. The topological polar surface area (TPSA) is 82.5 Å². The van der Waals surface area contributed by atoms with Crippen molar-refractivity contribution in [1.82, 2.24) is 33.7 Å². The third kappa shape index (κ3) is 9.36. The molecular formula is C78H81N7O. The Bertz CT molecular complexity index is 4530. The van der Waals surface area contributed by atoms with E-state index in [-0.39, 0.29) is 32.5 Å². The van der Waals surface area contributed by atoms with Gasteiger partial charge in [-0.1, -0.05) is 176 Å². The molecular weight excluding hydrogens is 1050 g/mol. The monoisotopic (exact) mass is 1130 g/mol. The Labute approximate surface area is 507 Å². The highest BCUT2D eigenvalue weighted by Gasteiger charge is 2.44. The highest BCUT2D eigenvalue weighted by atomic mass is 16.5. The SMILES string of the molecule is COc1ccnc(-c2ccc(-c3ccccc3-c3cc(CCc4ccc5c(c4)nc(C(C)(C)C)n4c6cc7c(cc6nc54)C(C)(C)CC7(C)C)cc(CCc4ccc5c(c4)nc(C(C)(C)C)n4c6cc7c(cc6nc54)C(C)(C)CC7(C)C)c3)cc2)c1. The maximum Gasteiger partial charge on any atom is 0.148 e. The molecule has 14 rings (SSSR count). The number of hydrogen-bond donors (Lipinski definition) is 0. The Morgan fingerprint density at radius 2 is 0.849 bits per heavy atom. The van der Waals surface area contributed by atoms with Crippen molar-refractivity contribution in [2.75, 3.05) is 7.11 Å². The van der Waals surface area contributed by atoms with Gasteiger partial charge in [0.05, 0.1) is 45.9 Å². The summed E-state index contributed by atoms with van der Waals surface area (Å²) >= 11 is 0. The number of pyridine rings is 1. The van der Waals surface area contributed by atoms with E-state index in [4.69, 9.17) is 24.7 Å². The van der Waals surface area contributed by atoms with Gasteiger partial charge in [0.15, 0.2) is 0 Å². The molecule has 0 saturated heterocycles. The lowest BCUT2D eigenvalue weighted by atomic mass is 9.82. The molecule has 7 aromatic carbocycles. The van der Waals surface area contributed by atoms with Crippen LogP contribution in [0.3, 0.4) is 0 Å². The minimum absolute atomic E-state index is 0.0820. The van der Waals surface area contributed by atoms with E-state index >= 15 is 0 Å². The predicted molar refractivity (Wildman–Crippen MR) is 357 cm³/mol. The van der Waals surface area contributed by atoms with Gasteiger partial charge in [-0.3, -0.25) is 13.8 Å². The number of hydrogen-bond acceptors (Lipinski definition) is 6. The van der Waals surface area contributed by atoms with Crippen molar-refractivity contribution in [1.29, 1.82) is 0 Å². The summed E-state index contributed by atoms with van der Waals surface area (Å²) < 4.78 is 10.3. The molecule has 0 aliphatic heterocycles. The third-order valence-electron chi connectivity index (χ3n) is 19.2. The first-order chi connectivity index (χ1) is 40.7. The number of aromatic nitrogens is 7. The molecule has 0 unspecified atom stereocenters. The Morgan fingerprint density at radius 1 is 0.419 bits per heavy atom. The molecule has 0 radical (unpaired) electrons. The normalized spacial score (nSPS) is 16.1. The molecule has 2 aliphatic rings. The van der Waals surface area contributed by atoms with E-state index in [0.29, 0.717) is 0 Å². The summed E-state index contributed by atoms with van der Waals surface area (Å²) in [5.74, 6) is 2.86. The average Bonchev–Trinajstić information content (AvgIpc) is 1.60. The van der Waals surface area contributed by atoms with Crippen LogP contribution in [-0.4, -0.2) is 40.8 Å². The van der Waals surface area contributed by atoms with Crippen molar-refractivity contribution in [3.05, 3.63) is 202 Å². The van der Waals surface area contributed by atoms with E-state index in [1.807, 2.05) is 12.1 Å². The van der Waals surface area contributed by atoms with Crippen LogP contribution < -0.4 is 4.74 Å². The van der Waals surface area contributed by atoms with Gasteiger partial charge in [0.2, 0.25) is 0 Å². The van der Waals surface area contributed by atoms with Crippen LogP contribution in [-0.2, 0) is 58.2 Å². The number of imidazole rings is 2. The summed E-state index contributed by atoms with van der Waals surface area (Å²) in [4.78, 5) is 26.6. The molecule has 0 bridgehead atoms. The zero-order chi connectivity index (χ0) is 60.2. The predicted octanol–water partition coefficient (Wildman–Crippen LogP) is 18.9. The summed E-state index contributed by atoms with van der Waals surface area (Å²) in [6, 6.07) is 52.3. The maximum atomic E-state index is 5.55. The summed E-state index contributed by atoms with van der Waals surface area (Å²) in [6.07, 6.45) is 7.52. The molecule has 5 heterocycles. The molecule has 0 amide bonds. The lowest BCUT2D eigenvalue weighted by molar-refractivity contribution is 0.403. The van der Waals surface area contributed by atoms with E-state index in [1.165, 1.54) is 61.2 Å². The summed E-state index contributed by atoms with van der Waals surface area (Å²) in [5.41, 5.74) is 25.8. The summed E-state index contributed by atoms with van der Waals surface area (Å²) in [6.45, 7) is 32.8. The molecule has 0 spiro atoms. The van der Waals surface area contributed by atoms with E-state index < -0.39 is 0 Å². The molecule has 0 N–H and O–H groups in total. The largest absolute Gasteiger partial charge is 0.497 e. The fourth-order valence-corrected chi connectivity index (χ4v) is 15.5. The van der Waals surface area contributed by atoms with Crippen molar-refractivity contribution in [2.24, 2.45) is 0 Å². The van der Waals surface area contributed by atoms with Crippen LogP contribution in [0.2, 0.25) is 0 Å². The van der Waals surface area contributed by atoms with Crippen LogP contribution in [0.15, 0.2) is 146 Å². The highest BCUT2D eigenvalue weighted by molar-refractivity contribution is 5.99. The van der Waals surface area contributed by atoms with E-state index in [9.17, 15) is 0 Å². The van der Waals surface area contributed by atoms with Crippen LogP contribution in [0.5, 0.6) is 5.75 Å². The maximum absolute atomic E-state index is 5.55. The second kappa shape index (κ2) is 19.4. The van der Waals surface area contributed by atoms with Gasteiger partial charge >= 0.3 is 0 Å². The minimum atomic E-state index is -0.220. The second-order valence-corrected chi connectivity index (χ2v) is 30.0. The number of benzene rings is 7. The van der Waals surface area contributed by atoms with E-state index in [0.717, 1.165) is 128 Å². The van der Waals surface area contributed by atoms with Crippen molar-refractivity contribution in [2.45, 2.75) is 168 Å². The number of ether oxygens (including phenoxy) is 1. The fraction of sp³-hybridized carbons (Fsp3) is 0.346. The van der Waals surface area contributed by atoms with Crippen LogP contribution in [0.4, 0.5) is 0 Å². The zero-order valence-electron chi connectivity index (χ0n) is 53.1. The summed E-state index contributed by atoms with van der Waals surface area (Å²) in [5, 5.41) is 2.17. The van der Waals surface area contributed by atoms with Crippen molar-refractivity contribution >= 4 is 55.2 Å². The fourth-order valence-electron chi connectivity index (χ4n) is 15.5. The Morgan fingerprint density at radius 3 is 1.30 bits per heavy atom. The van der Waals surface area contributed by atoms with Gasteiger partial charge in [0, 0.05) is 39.4 Å². The van der Waals surface area contributed by atoms with Crippen molar-refractivity contribution in [3.8, 4) is 39.3 Å². The van der Waals surface area contributed by atoms with Gasteiger partial charge in [0.25, 0.3) is 0 Å². The molecule has 12 aromatic rings. The van der Waals surface area contributed by atoms with Gasteiger partial charge in [-0.25, -0.2) is 19.9 Å².